The van der Waals surface area contributed by atoms with E-state index in [2.05, 4.69) is 15.6 Å². The second kappa shape index (κ2) is 8.09. The minimum atomic E-state index is -3.91. The summed E-state index contributed by atoms with van der Waals surface area (Å²) in [5.41, 5.74) is 1.78. The predicted octanol–water partition coefficient (Wildman–Crippen LogP) is 4.32. The van der Waals surface area contributed by atoms with Gasteiger partial charge in [0, 0.05) is 36.2 Å². The number of nitrogens with one attached hydrogen (secondary N) is 2. The predicted molar refractivity (Wildman–Crippen MR) is 116 cm³/mol. The molecule has 0 saturated heterocycles. The number of aryl methyl sites for hydroxylation is 1. The fourth-order valence-corrected chi connectivity index (χ4v) is 4.73. The lowest BCUT2D eigenvalue weighted by Crippen LogP contribution is -2.12. The van der Waals surface area contributed by atoms with Crippen molar-refractivity contribution in [2.75, 3.05) is 12.4 Å². The molecule has 0 aliphatic rings. The van der Waals surface area contributed by atoms with Crippen LogP contribution in [-0.4, -0.2) is 24.4 Å². The van der Waals surface area contributed by atoms with Crippen molar-refractivity contribution in [1.82, 2.24) is 14.3 Å². The number of hydrogen-bond donors (Lipinski definition) is 2. The molecule has 0 unspecified atom stereocenters. The van der Waals surface area contributed by atoms with E-state index in [0.717, 1.165) is 10.9 Å². The fraction of sp³-hybridized carbons (Fsp3) is 0.136. The molecule has 4 aromatic rings. The van der Waals surface area contributed by atoms with E-state index in [0.29, 0.717) is 17.7 Å². The minimum absolute atomic E-state index is 0.0360. The largest absolute Gasteiger partial charge is 0.353 e. The van der Waals surface area contributed by atoms with E-state index >= 15 is 0 Å². The quantitative estimate of drug-likeness (QED) is 0.465. The molecule has 0 spiro atoms. The van der Waals surface area contributed by atoms with Gasteiger partial charge in [-0.25, -0.2) is 21.2 Å². The van der Waals surface area contributed by atoms with Gasteiger partial charge in [-0.3, -0.25) is 4.98 Å². The third-order valence-corrected chi connectivity index (χ3v) is 6.62. The number of nitrogens with zero attached hydrogens (tertiary/aromatic N) is 2. The Morgan fingerprint density at radius 2 is 1.90 bits per heavy atom. The first-order chi connectivity index (χ1) is 14.8. The Kier molecular flexibility index (Phi) is 5.47. The Balaban J connectivity index is 1.85. The van der Waals surface area contributed by atoms with E-state index < -0.39 is 21.7 Å². The molecule has 0 amide bonds. The molecule has 2 N–H and O–H groups in total. The maximum atomic E-state index is 14.3. The molecule has 0 aliphatic carbocycles. The Labute approximate surface area is 178 Å². The van der Waals surface area contributed by atoms with Crippen molar-refractivity contribution >= 4 is 32.3 Å². The van der Waals surface area contributed by atoms with Crippen molar-refractivity contribution in [2.45, 2.75) is 18.4 Å². The third kappa shape index (κ3) is 3.77. The third-order valence-electron chi connectivity index (χ3n) is 4.97. The molecule has 2 aromatic carbocycles. The summed E-state index contributed by atoms with van der Waals surface area (Å²) in [5.74, 6) is -1.92. The Bertz CT molecular complexity index is 1370. The van der Waals surface area contributed by atoms with Crippen LogP contribution in [0.4, 0.5) is 20.2 Å². The highest BCUT2D eigenvalue weighted by Gasteiger charge is 2.22. The van der Waals surface area contributed by atoms with E-state index in [-0.39, 0.29) is 16.1 Å². The van der Waals surface area contributed by atoms with Crippen LogP contribution in [0, 0.1) is 18.6 Å². The number of aromatic nitrogens is 2. The summed E-state index contributed by atoms with van der Waals surface area (Å²) in [4.78, 5) is 3.95. The summed E-state index contributed by atoms with van der Waals surface area (Å²) in [5, 5.41) is 6.59. The van der Waals surface area contributed by atoms with Gasteiger partial charge in [0.1, 0.15) is 4.90 Å². The zero-order chi connectivity index (χ0) is 22.2. The van der Waals surface area contributed by atoms with Crippen molar-refractivity contribution in [2.24, 2.45) is 0 Å². The zero-order valence-electron chi connectivity index (χ0n) is 16.9. The van der Waals surface area contributed by atoms with Crippen LogP contribution >= 0.6 is 0 Å². The van der Waals surface area contributed by atoms with Crippen molar-refractivity contribution < 1.29 is 17.2 Å². The maximum absolute atomic E-state index is 14.3. The van der Waals surface area contributed by atoms with Crippen LogP contribution in [0.2, 0.25) is 0 Å². The molecule has 2 aromatic heterocycles. The van der Waals surface area contributed by atoms with Gasteiger partial charge in [-0.15, -0.1) is 0 Å². The van der Waals surface area contributed by atoms with Crippen LogP contribution in [0.25, 0.3) is 10.9 Å². The average molecular weight is 442 g/mol. The van der Waals surface area contributed by atoms with Crippen LogP contribution in [-0.2, 0) is 16.6 Å². The van der Waals surface area contributed by atoms with Gasteiger partial charge >= 0.3 is 0 Å². The summed E-state index contributed by atoms with van der Waals surface area (Å²) < 4.78 is 55.9. The zero-order valence-corrected chi connectivity index (χ0v) is 17.7. The molecule has 0 radical (unpaired) electrons. The van der Waals surface area contributed by atoms with Gasteiger partial charge in [0.05, 0.1) is 11.2 Å². The number of fused-ring (bicyclic) bond motifs is 1. The number of hydrogen-bond acceptors (Lipinski definition) is 5. The number of halogens is 2. The van der Waals surface area contributed by atoms with E-state index in [1.165, 1.54) is 41.5 Å². The monoisotopic (exact) mass is 442 g/mol. The molecular formula is C22H20F2N4O2S. The first-order valence-corrected chi connectivity index (χ1v) is 10.9. The number of anilines is 2. The smallest absolute Gasteiger partial charge is 0.269 e. The number of pyridine rings is 1. The molecule has 2 heterocycles. The van der Waals surface area contributed by atoms with Gasteiger partial charge in [-0.05, 0) is 55.4 Å². The van der Waals surface area contributed by atoms with E-state index in [1.807, 2.05) is 0 Å². The molecule has 0 atom stereocenters. The van der Waals surface area contributed by atoms with Crippen LogP contribution < -0.4 is 10.6 Å². The second-order valence-corrected chi connectivity index (χ2v) is 8.90. The lowest BCUT2D eigenvalue weighted by Gasteiger charge is -2.11. The topological polar surface area (TPSA) is 76.0 Å². The number of rotatable bonds is 6. The normalized spacial score (nSPS) is 11.7. The molecule has 4 rings (SSSR count). The molecule has 0 saturated carbocycles. The minimum Gasteiger partial charge on any atom is -0.353 e. The van der Waals surface area contributed by atoms with Crippen LogP contribution in [0.1, 0.15) is 11.1 Å². The molecule has 0 aliphatic heterocycles. The lowest BCUT2D eigenvalue weighted by molar-refractivity contribution is 0.506. The first-order valence-electron chi connectivity index (χ1n) is 9.48. The van der Waals surface area contributed by atoms with Gasteiger partial charge in [-0.1, -0.05) is 12.1 Å². The van der Waals surface area contributed by atoms with Crippen molar-refractivity contribution in [3.8, 4) is 0 Å². The summed E-state index contributed by atoms with van der Waals surface area (Å²) in [6.07, 6.45) is 4.33. The molecule has 0 bridgehead atoms. The SMILES string of the molecule is CNCc1cn(S(=O)(=O)c2cccnc2)c2cc(Nc3ccc(C)c(F)c3F)ccc12. The van der Waals surface area contributed by atoms with Gasteiger partial charge in [0.25, 0.3) is 10.0 Å². The van der Waals surface area contributed by atoms with Gasteiger partial charge in [0.15, 0.2) is 11.6 Å². The lowest BCUT2D eigenvalue weighted by atomic mass is 10.1. The van der Waals surface area contributed by atoms with Crippen LogP contribution in [0.5, 0.6) is 0 Å². The van der Waals surface area contributed by atoms with Crippen molar-refractivity contribution in [3.63, 3.8) is 0 Å². The van der Waals surface area contributed by atoms with E-state index in [4.69, 9.17) is 0 Å². The molecule has 160 valence electrons. The summed E-state index contributed by atoms with van der Waals surface area (Å²) in [7, 11) is -2.14. The average Bonchev–Trinajstić information content (AvgIpc) is 3.13. The second-order valence-electron chi connectivity index (χ2n) is 7.09. The van der Waals surface area contributed by atoms with Crippen molar-refractivity contribution in [1.29, 1.82) is 0 Å². The molecule has 0 fully saturated rings. The summed E-state index contributed by atoms with van der Waals surface area (Å²) in [6, 6.07) is 11.0. The van der Waals surface area contributed by atoms with Gasteiger partial charge in [-0.2, -0.15) is 0 Å². The van der Waals surface area contributed by atoms with Gasteiger partial charge in [0.2, 0.25) is 0 Å². The fourth-order valence-electron chi connectivity index (χ4n) is 3.39. The highest BCUT2D eigenvalue weighted by molar-refractivity contribution is 7.90. The summed E-state index contributed by atoms with van der Waals surface area (Å²) in [6.45, 7) is 1.93. The van der Waals surface area contributed by atoms with Crippen LogP contribution in [0.15, 0.2) is 66.0 Å². The Morgan fingerprint density at radius 3 is 2.61 bits per heavy atom. The summed E-state index contributed by atoms with van der Waals surface area (Å²) >= 11 is 0. The van der Waals surface area contributed by atoms with E-state index in [1.54, 1.807) is 37.5 Å². The standard InChI is InChI=1S/C22H20F2N4O2S/c1-14-5-8-19(22(24)21(14)23)27-16-6-7-18-15(11-25-2)13-28(20(18)10-16)31(29,30)17-4-3-9-26-12-17/h3-10,12-13,25,27H,11H2,1-2H3. The highest BCUT2D eigenvalue weighted by Crippen LogP contribution is 2.30. The molecule has 6 nitrogen and oxygen atoms in total. The molecule has 31 heavy (non-hydrogen) atoms. The van der Waals surface area contributed by atoms with Crippen molar-refractivity contribution in [3.05, 3.63) is 83.8 Å². The molecule has 9 heteroatoms. The first kappa shape index (κ1) is 21.0. The number of benzene rings is 2. The highest BCUT2D eigenvalue weighted by atomic mass is 32.2. The van der Waals surface area contributed by atoms with Crippen LogP contribution in [0.3, 0.4) is 0 Å². The van der Waals surface area contributed by atoms with Gasteiger partial charge < -0.3 is 10.6 Å². The Hall–Kier alpha value is -3.30. The molecular weight excluding hydrogens is 422 g/mol. The van der Waals surface area contributed by atoms with E-state index in [9.17, 15) is 17.2 Å². The maximum Gasteiger partial charge on any atom is 0.269 e. The Morgan fingerprint density at radius 1 is 1.10 bits per heavy atom.